The van der Waals surface area contributed by atoms with Crippen LogP contribution < -0.4 is 20.1 Å². The number of ether oxygens (including phenoxy) is 2. The zero-order chi connectivity index (χ0) is 16.0. The van der Waals surface area contributed by atoms with Crippen molar-refractivity contribution in [1.29, 1.82) is 0 Å². The highest BCUT2D eigenvalue weighted by molar-refractivity contribution is 14.0. The zero-order valence-electron chi connectivity index (χ0n) is 14.4. The minimum absolute atomic E-state index is 0. The van der Waals surface area contributed by atoms with Crippen LogP contribution in [0.3, 0.4) is 0 Å². The fourth-order valence-corrected chi connectivity index (χ4v) is 2.14. The first kappa shape index (κ1) is 19.9. The maximum Gasteiger partial charge on any atom is 0.191 e. The van der Waals surface area contributed by atoms with Crippen LogP contribution in [0, 0.1) is 0 Å². The maximum atomic E-state index is 5.72. The smallest absolute Gasteiger partial charge is 0.191 e. The normalized spacial score (nSPS) is 14.5. The topological polar surface area (TPSA) is 54.9 Å². The van der Waals surface area contributed by atoms with E-state index >= 15 is 0 Å². The summed E-state index contributed by atoms with van der Waals surface area (Å²) in [6, 6.07) is 6.03. The second-order valence-electron chi connectivity index (χ2n) is 6.40. The van der Waals surface area contributed by atoms with Crippen molar-refractivity contribution < 1.29 is 9.47 Å². The van der Waals surface area contributed by atoms with Crippen LogP contribution in [0.2, 0.25) is 0 Å². The Balaban J connectivity index is 0.00000264. The highest BCUT2D eigenvalue weighted by Gasteiger charge is 2.13. The molecule has 0 radical (unpaired) electrons. The van der Waals surface area contributed by atoms with Crippen LogP contribution in [0.5, 0.6) is 11.5 Å². The van der Waals surface area contributed by atoms with E-state index in [1.165, 1.54) is 0 Å². The molecule has 0 unspecified atom stereocenters. The van der Waals surface area contributed by atoms with Gasteiger partial charge in [0.05, 0.1) is 19.8 Å². The van der Waals surface area contributed by atoms with Crippen molar-refractivity contribution in [2.24, 2.45) is 4.99 Å². The van der Waals surface area contributed by atoms with E-state index < -0.39 is 0 Å². The van der Waals surface area contributed by atoms with Gasteiger partial charge in [-0.25, -0.2) is 4.99 Å². The third kappa shape index (κ3) is 6.85. The molecule has 130 valence electrons. The predicted molar refractivity (Wildman–Crippen MR) is 105 cm³/mol. The zero-order valence-corrected chi connectivity index (χ0v) is 16.8. The first-order chi connectivity index (χ1) is 10.5. The minimum Gasteiger partial charge on any atom is -0.490 e. The van der Waals surface area contributed by atoms with E-state index in [2.05, 4.69) is 43.3 Å². The molecule has 0 aromatic heterocycles. The standard InChI is InChI=1S/C17H27N3O2.HI/c1-5-18-16(20-17(2,3)4)19-12-13-7-8-14-15(11-13)22-10-6-9-21-14;/h7-8,11H,5-6,9-10,12H2,1-4H3,(H2,18,19,20);1H. The SMILES string of the molecule is CCNC(=NCc1ccc2c(c1)OCCCO2)NC(C)(C)C.I. The number of fused-ring (bicyclic) bond motifs is 1. The maximum absolute atomic E-state index is 5.72. The lowest BCUT2D eigenvalue weighted by Crippen LogP contribution is -2.47. The van der Waals surface area contributed by atoms with Gasteiger partial charge in [0, 0.05) is 18.5 Å². The van der Waals surface area contributed by atoms with Gasteiger partial charge in [-0.05, 0) is 45.4 Å². The molecular formula is C17H28IN3O2. The molecule has 0 fully saturated rings. The summed E-state index contributed by atoms with van der Waals surface area (Å²) in [6.07, 6.45) is 0.919. The largest absolute Gasteiger partial charge is 0.490 e. The lowest BCUT2D eigenvalue weighted by atomic mass is 10.1. The molecule has 2 rings (SSSR count). The molecule has 0 spiro atoms. The lowest BCUT2D eigenvalue weighted by Gasteiger charge is -2.23. The van der Waals surface area contributed by atoms with Crippen molar-refractivity contribution in [3.63, 3.8) is 0 Å². The van der Waals surface area contributed by atoms with Crippen LogP contribution in [-0.4, -0.2) is 31.3 Å². The number of hydrogen-bond donors (Lipinski definition) is 2. The van der Waals surface area contributed by atoms with Crippen molar-refractivity contribution in [3.8, 4) is 11.5 Å². The van der Waals surface area contributed by atoms with Crippen LogP contribution in [0.15, 0.2) is 23.2 Å². The Morgan fingerprint density at radius 1 is 1.17 bits per heavy atom. The summed E-state index contributed by atoms with van der Waals surface area (Å²) >= 11 is 0. The molecule has 5 nitrogen and oxygen atoms in total. The van der Waals surface area contributed by atoms with E-state index in [1.807, 2.05) is 18.2 Å². The molecule has 2 N–H and O–H groups in total. The molecule has 0 aliphatic carbocycles. The van der Waals surface area contributed by atoms with Gasteiger partial charge in [0.1, 0.15) is 0 Å². The Hall–Kier alpha value is -1.18. The van der Waals surface area contributed by atoms with Crippen molar-refractivity contribution in [1.82, 2.24) is 10.6 Å². The van der Waals surface area contributed by atoms with Gasteiger partial charge in [-0.3, -0.25) is 0 Å². The fraction of sp³-hybridized carbons (Fsp3) is 0.588. The average molecular weight is 433 g/mol. The number of guanidine groups is 1. The number of nitrogens with one attached hydrogen (secondary N) is 2. The summed E-state index contributed by atoms with van der Waals surface area (Å²) in [4.78, 5) is 4.64. The van der Waals surface area contributed by atoms with Gasteiger partial charge >= 0.3 is 0 Å². The van der Waals surface area contributed by atoms with E-state index in [1.54, 1.807) is 0 Å². The highest BCUT2D eigenvalue weighted by atomic mass is 127. The van der Waals surface area contributed by atoms with E-state index in [4.69, 9.17) is 9.47 Å². The monoisotopic (exact) mass is 433 g/mol. The van der Waals surface area contributed by atoms with Gasteiger partial charge in [0.25, 0.3) is 0 Å². The van der Waals surface area contributed by atoms with E-state index in [0.717, 1.165) is 36.0 Å². The number of halogens is 1. The Kier molecular flexibility index (Phi) is 7.94. The van der Waals surface area contributed by atoms with Gasteiger partial charge in [-0.1, -0.05) is 6.07 Å². The molecular weight excluding hydrogens is 405 g/mol. The molecule has 0 atom stereocenters. The summed E-state index contributed by atoms with van der Waals surface area (Å²) in [7, 11) is 0. The summed E-state index contributed by atoms with van der Waals surface area (Å²) in [5.41, 5.74) is 1.08. The van der Waals surface area contributed by atoms with Crippen molar-refractivity contribution in [3.05, 3.63) is 23.8 Å². The molecule has 1 heterocycles. The van der Waals surface area contributed by atoms with Crippen molar-refractivity contribution >= 4 is 29.9 Å². The van der Waals surface area contributed by atoms with Crippen LogP contribution >= 0.6 is 24.0 Å². The summed E-state index contributed by atoms with van der Waals surface area (Å²) in [6.45, 7) is 11.3. The average Bonchev–Trinajstić information content (AvgIpc) is 2.68. The Morgan fingerprint density at radius 3 is 2.52 bits per heavy atom. The van der Waals surface area contributed by atoms with Gasteiger partial charge in [-0.15, -0.1) is 24.0 Å². The summed E-state index contributed by atoms with van der Waals surface area (Å²) in [5.74, 6) is 2.46. The number of benzene rings is 1. The van der Waals surface area contributed by atoms with E-state index in [9.17, 15) is 0 Å². The lowest BCUT2D eigenvalue weighted by molar-refractivity contribution is 0.297. The second-order valence-corrected chi connectivity index (χ2v) is 6.40. The van der Waals surface area contributed by atoms with Crippen LogP contribution in [-0.2, 0) is 6.54 Å². The molecule has 0 saturated heterocycles. The number of rotatable bonds is 3. The first-order valence-corrected chi connectivity index (χ1v) is 7.93. The van der Waals surface area contributed by atoms with Gasteiger partial charge in [0.15, 0.2) is 17.5 Å². The molecule has 6 heteroatoms. The third-order valence-corrected chi connectivity index (χ3v) is 3.07. The Morgan fingerprint density at radius 2 is 1.87 bits per heavy atom. The summed E-state index contributed by atoms with van der Waals surface area (Å²) < 4.78 is 11.4. The van der Waals surface area contributed by atoms with E-state index in [0.29, 0.717) is 19.8 Å². The van der Waals surface area contributed by atoms with Crippen molar-refractivity contribution in [2.75, 3.05) is 19.8 Å². The van der Waals surface area contributed by atoms with Crippen LogP contribution in [0.1, 0.15) is 39.7 Å². The number of aliphatic imine (C=N–C) groups is 1. The van der Waals surface area contributed by atoms with Gasteiger partial charge in [-0.2, -0.15) is 0 Å². The molecule has 1 aliphatic heterocycles. The van der Waals surface area contributed by atoms with Crippen LogP contribution in [0.4, 0.5) is 0 Å². The molecule has 1 aromatic carbocycles. The van der Waals surface area contributed by atoms with E-state index in [-0.39, 0.29) is 29.5 Å². The molecule has 0 bridgehead atoms. The third-order valence-electron chi connectivity index (χ3n) is 3.07. The molecule has 1 aliphatic rings. The predicted octanol–water partition coefficient (Wildman–Crippen LogP) is 3.32. The molecule has 0 amide bonds. The first-order valence-electron chi connectivity index (χ1n) is 7.93. The van der Waals surface area contributed by atoms with Crippen LogP contribution in [0.25, 0.3) is 0 Å². The van der Waals surface area contributed by atoms with Gasteiger partial charge < -0.3 is 20.1 Å². The molecule has 0 saturated carbocycles. The molecule has 23 heavy (non-hydrogen) atoms. The second kappa shape index (κ2) is 9.20. The number of hydrogen-bond acceptors (Lipinski definition) is 3. The minimum atomic E-state index is -0.0221. The highest BCUT2D eigenvalue weighted by Crippen LogP contribution is 2.30. The van der Waals surface area contributed by atoms with Crippen molar-refractivity contribution in [2.45, 2.75) is 46.2 Å². The number of nitrogens with zero attached hydrogens (tertiary/aromatic N) is 1. The quantitative estimate of drug-likeness (QED) is 0.437. The molecule has 1 aromatic rings. The fourth-order valence-electron chi connectivity index (χ4n) is 2.14. The Labute approximate surface area is 156 Å². The summed E-state index contributed by atoms with van der Waals surface area (Å²) in [5, 5.41) is 6.65. The van der Waals surface area contributed by atoms with Gasteiger partial charge in [0.2, 0.25) is 0 Å². The Bertz CT molecular complexity index is 527.